The lowest BCUT2D eigenvalue weighted by Gasteiger charge is -2.33. The molecular weight excluding hydrogens is 405 g/mol. The van der Waals surface area contributed by atoms with Crippen LogP contribution in [0.2, 0.25) is 0 Å². The number of nitrogens with zero attached hydrogens (tertiary/aromatic N) is 2. The Kier molecular flexibility index (Phi) is 10.8. The van der Waals surface area contributed by atoms with Gasteiger partial charge in [-0.05, 0) is 39.7 Å². The molecule has 0 aromatic carbocycles. The first kappa shape index (κ1) is 22.4. The van der Waals surface area contributed by atoms with Crippen molar-refractivity contribution in [1.29, 1.82) is 0 Å². The van der Waals surface area contributed by atoms with Gasteiger partial charge in [0.25, 0.3) is 0 Å². The lowest BCUT2D eigenvalue weighted by atomic mass is 9.92. The first-order chi connectivity index (χ1) is 10.4. The number of nitrogens with one attached hydrogen (secondary N) is 3. The van der Waals surface area contributed by atoms with E-state index in [4.69, 9.17) is 0 Å². The van der Waals surface area contributed by atoms with Crippen molar-refractivity contribution >= 4 is 35.8 Å². The molecule has 1 rings (SSSR count). The van der Waals surface area contributed by atoms with E-state index in [2.05, 4.69) is 32.8 Å². The van der Waals surface area contributed by atoms with Crippen LogP contribution in [0.15, 0.2) is 4.99 Å². The lowest BCUT2D eigenvalue weighted by Crippen LogP contribution is -2.51. The van der Waals surface area contributed by atoms with Crippen LogP contribution < -0.4 is 16.0 Å². The Morgan fingerprint density at radius 1 is 1.30 bits per heavy atom. The monoisotopic (exact) mass is 439 g/mol. The number of piperidine rings is 1. The molecule has 0 aromatic heterocycles. The summed E-state index contributed by atoms with van der Waals surface area (Å²) in [6.45, 7) is 10.1. The third-order valence-corrected chi connectivity index (χ3v) is 4.23. The summed E-state index contributed by atoms with van der Waals surface area (Å²) in [5, 5.41) is 9.45. The first-order valence-electron chi connectivity index (χ1n) is 8.34. The van der Waals surface area contributed by atoms with Crippen molar-refractivity contribution in [3.05, 3.63) is 0 Å². The number of halogens is 1. The smallest absolute Gasteiger partial charge is 0.227 e. The van der Waals surface area contributed by atoms with Crippen molar-refractivity contribution in [3.63, 3.8) is 0 Å². The van der Waals surface area contributed by atoms with Gasteiger partial charge in [-0.15, -0.1) is 24.0 Å². The summed E-state index contributed by atoms with van der Waals surface area (Å²) >= 11 is 0. The number of aliphatic imine (C=N–C) groups is 1. The van der Waals surface area contributed by atoms with Gasteiger partial charge < -0.3 is 20.9 Å². The van der Waals surface area contributed by atoms with E-state index in [1.165, 1.54) is 13.0 Å². The molecule has 1 fully saturated rings. The fraction of sp³-hybridized carbons (Fsp3) is 0.875. The highest BCUT2D eigenvalue weighted by Crippen LogP contribution is 2.13. The molecule has 0 unspecified atom stereocenters. The molecule has 0 aliphatic carbocycles. The number of hydrogen-bond donors (Lipinski definition) is 3. The molecule has 0 radical (unpaired) electrons. The Bertz CT molecular complexity index is 379. The van der Waals surface area contributed by atoms with Gasteiger partial charge in [-0.1, -0.05) is 6.92 Å². The molecule has 136 valence electrons. The first-order valence-corrected chi connectivity index (χ1v) is 8.34. The fourth-order valence-electron chi connectivity index (χ4n) is 2.73. The van der Waals surface area contributed by atoms with Crippen molar-refractivity contribution in [2.75, 3.05) is 40.3 Å². The largest absolute Gasteiger partial charge is 0.359 e. The maximum absolute atomic E-state index is 11.8. The van der Waals surface area contributed by atoms with Gasteiger partial charge in [0, 0.05) is 39.8 Å². The Balaban J connectivity index is 0.00000484. The van der Waals surface area contributed by atoms with E-state index in [9.17, 15) is 4.79 Å². The predicted octanol–water partition coefficient (Wildman–Crippen LogP) is 1.42. The summed E-state index contributed by atoms with van der Waals surface area (Å²) in [5.74, 6) is 0.814. The average molecular weight is 439 g/mol. The third-order valence-electron chi connectivity index (χ3n) is 4.23. The van der Waals surface area contributed by atoms with Crippen LogP contribution in [0.3, 0.4) is 0 Å². The molecule has 1 amide bonds. The van der Waals surface area contributed by atoms with Crippen LogP contribution >= 0.6 is 24.0 Å². The zero-order chi connectivity index (χ0) is 16.6. The number of guanidine groups is 1. The van der Waals surface area contributed by atoms with Crippen molar-refractivity contribution in [1.82, 2.24) is 20.9 Å². The van der Waals surface area contributed by atoms with Gasteiger partial charge in [0.15, 0.2) is 5.96 Å². The number of rotatable bonds is 6. The SMILES string of the molecule is CCCN1CCC(NC(=NC)NCC(C)(C)C(=O)NC)CC1.I. The average Bonchev–Trinajstić information content (AvgIpc) is 2.52. The van der Waals surface area contributed by atoms with Crippen molar-refractivity contribution in [2.24, 2.45) is 10.4 Å². The van der Waals surface area contributed by atoms with E-state index >= 15 is 0 Å². The summed E-state index contributed by atoms with van der Waals surface area (Å²) in [7, 11) is 3.44. The van der Waals surface area contributed by atoms with Gasteiger partial charge >= 0.3 is 0 Å². The van der Waals surface area contributed by atoms with Crippen LogP contribution in [0.5, 0.6) is 0 Å². The molecule has 0 saturated carbocycles. The second kappa shape index (κ2) is 11.1. The summed E-state index contributed by atoms with van der Waals surface area (Å²) in [6.07, 6.45) is 3.50. The summed E-state index contributed by atoms with van der Waals surface area (Å²) in [5.41, 5.74) is -0.461. The van der Waals surface area contributed by atoms with Gasteiger partial charge in [-0.25, -0.2) is 0 Å². The molecular formula is C16H34IN5O. The van der Waals surface area contributed by atoms with Crippen molar-refractivity contribution in [2.45, 2.75) is 46.1 Å². The van der Waals surface area contributed by atoms with Gasteiger partial charge in [-0.3, -0.25) is 9.79 Å². The second-order valence-electron chi connectivity index (χ2n) is 6.65. The molecule has 0 bridgehead atoms. The zero-order valence-corrected chi connectivity index (χ0v) is 17.6. The van der Waals surface area contributed by atoms with Crippen LogP contribution in [0.4, 0.5) is 0 Å². The topological polar surface area (TPSA) is 68.8 Å². The van der Waals surface area contributed by atoms with Crippen LogP contribution in [0, 0.1) is 5.41 Å². The number of carbonyl (C=O) groups is 1. The highest BCUT2D eigenvalue weighted by Gasteiger charge is 2.27. The van der Waals surface area contributed by atoms with E-state index in [1.54, 1.807) is 14.1 Å². The highest BCUT2D eigenvalue weighted by atomic mass is 127. The number of amides is 1. The van der Waals surface area contributed by atoms with Crippen molar-refractivity contribution in [3.8, 4) is 0 Å². The van der Waals surface area contributed by atoms with E-state index in [1.807, 2.05) is 13.8 Å². The Morgan fingerprint density at radius 3 is 2.39 bits per heavy atom. The van der Waals surface area contributed by atoms with Crippen LogP contribution in [0.1, 0.15) is 40.0 Å². The van der Waals surface area contributed by atoms with Crippen LogP contribution in [-0.2, 0) is 4.79 Å². The number of carbonyl (C=O) groups excluding carboxylic acids is 1. The summed E-state index contributed by atoms with van der Waals surface area (Å²) in [6, 6.07) is 0.461. The second-order valence-corrected chi connectivity index (χ2v) is 6.65. The molecule has 0 atom stereocenters. The molecule has 1 aliphatic heterocycles. The highest BCUT2D eigenvalue weighted by molar-refractivity contribution is 14.0. The minimum atomic E-state index is -0.461. The van der Waals surface area contributed by atoms with Gasteiger partial charge in [-0.2, -0.15) is 0 Å². The van der Waals surface area contributed by atoms with E-state index < -0.39 is 5.41 Å². The Morgan fingerprint density at radius 2 is 1.91 bits per heavy atom. The Labute approximate surface area is 158 Å². The third kappa shape index (κ3) is 7.69. The van der Waals surface area contributed by atoms with Gasteiger partial charge in [0.05, 0.1) is 5.41 Å². The van der Waals surface area contributed by atoms with Gasteiger partial charge in [0.2, 0.25) is 5.91 Å². The van der Waals surface area contributed by atoms with Crippen LogP contribution in [-0.4, -0.2) is 63.1 Å². The van der Waals surface area contributed by atoms with Crippen molar-refractivity contribution < 1.29 is 4.79 Å². The predicted molar refractivity (Wildman–Crippen MR) is 108 cm³/mol. The molecule has 0 aromatic rings. The number of hydrogen-bond acceptors (Lipinski definition) is 3. The van der Waals surface area contributed by atoms with Gasteiger partial charge in [0.1, 0.15) is 0 Å². The normalized spacial score (nSPS) is 17.3. The van der Waals surface area contributed by atoms with E-state index in [0.717, 1.165) is 31.9 Å². The zero-order valence-electron chi connectivity index (χ0n) is 15.2. The molecule has 23 heavy (non-hydrogen) atoms. The minimum Gasteiger partial charge on any atom is -0.359 e. The standard InChI is InChI=1S/C16H33N5O.HI/c1-6-9-21-10-7-13(8-11-21)20-15(18-5)19-12-16(2,3)14(22)17-4;/h13H,6-12H2,1-5H3,(H,17,22)(H2,18,19,20);1H. The lowest BCUT2D eigenvalue weighted by molar-refractivity contribution is -0.128. The molecule has 7 heteroatoms. The quantitative estimate of drug-likeness (QED) is 0.333. The van der Waals surface area contributed by atoms with E-state index in [0.29, 0.717) is 12.6 Å². The summed E-state index contributed by atoms with van der Waals surface area (Å²) in [4.78, 5) is 18.6. The molecule has 3 N–H and O–H groups in total. The summed E-state index contributed by atoms with van der Waals surface area (Å²) < 4.78 is 0. The molecule has 0 spiro atoms. The van der Waals surface area contributed by atoms with Crippen LogP contribution in [0.25, 0.3) is 0 Å². The fourth-order valence-corrected chi connectivity index (χ4v) is 2.73. The minimum absolute atomic E-state index is 0. The molecule has 6 nitrogen and oxygen atoms in total. The molecule has 1 aliphatic rings. The molecule has 1 saturated heterocycles. The maximum Gasteiger partial charge on any atom is 0.227 e. The van der Waals surface area contributed by atoms with E-state index in [-0.39, 0.29) is 29.9 Å². The Hall–Kier alpha value is -0.570. The molecule has 1 heterocycles. The maximum atomic E-state index is 11.8. The number of likely N-dealkylation sites (tertiary alicyclic amines) is 1.